The molecule has 28 heavy (non-hydrogen) atoms. The van der Waals surface area contributed by atoms with Crippen LogP contribution in [0.4, 0.5) is 11.4 Å². The van der Waals surface area contributed by atoms with Gasteiger partial charge in [-0.15, -0.1) is 0 Å². The topological polar surface area (TPSA) is 58.2 Å². The summed E-state index contributed by atoms with van der Waals surface area (Å²) in [5.41, 5.74) is 1.81. The van der Waals surface area contributed by atoms with Crippen LogP contribution in [0.25, 0.3) is 0 Å². The average molecular weight is 632 g/mol. The molecule has 0 aromatic heterocycles. The quantitative estimate of drug-likeness (QED) is 0.319. The number of benzene rings is 3. The minimum atomic E-state index is -0.364. The fourth-order valence-corrected chi connectivity index (χ4v) is 3.67. The van der Waals surface area contributed by atoms with Crippen molar-refractivity contribution in [2.75, 3.05) is 10.6 Å². The molecular formula is C20H12Br4N2O2. The van der Waals surface area contributed by atoms with Crippen molar-refractivity contribution in [1.29, 1.82) is 0 Å². The van der Waals surface area contributed by atoms with Crippen LogP contribution in [0.15, 0.2) is 78.6 Å². The lowest BCUT2D eigenvalue weighted by atomic mass is 10.1. The fourth-order valence-electron chi connectivity index (χ4n) is 2.42. The van der Waals surface area contributed by atoms with Gasteiger partial charge in [0.15, 0.2) is 0 Å². The Morgan fingerprint density at radius 1 is 0.571 bits per heavy atom. The zero-order valence-electron chi connectivity index (χ0n) is 14.1. The molecule has 4 nitrogen and oxygen atoms in total. The molecular weight excluding hydrogens is 620 g/mol. The van der Waals surface area contributed by atoms with Gasteiger partial charge in [0.1, 0.15) is 0 Å². The van der Waals surface area contributed by atoms with E-state index in [2.05, 4.69) is 74.4 Å². The first kappa shape index (κ1) is 21.2. The Bertz CT molecular complexity index is 985. The molecule has 0 fully saturated rings. The van der Waals surface area contributed by atoms with E-state index in [0.717, 1.165) is 17.9 Å². The van der Waals surface area contributed by atoms with E-state index in [1.165, 1.54) is 0 Å². The van der Waals surface area contributed by atoms with Gasteiger partial charge in [-0.1, -0.05) is 12.1 Å². The Morgan fingerprint density at radius 3 is 1.32 bits per heavy atom. The molecule has 0 aliphatic carbocycles. The highest BCUT2D eigenvalue weighted by molar-refractivity contribution is 9.13. The smallest absolute Gasteiger partial charge is 0.256 e. The fraction of sp³-hybridized carbons (Fsp3) is 0. The lowest BCUT2D eigenvalue weighted by Gasteiger charge is -2.12. The van der Waals surface area contributed by atoms with Crippen molar-refractivity contribution in [3.05, 3.63) is 89.7 Å². The number of halogens is 4. The molecule has 0 aliphatic rings. The number of carbonyl (C=O) groups excluding carboxylic acids is 2. The van der Waals surface area contributed by atoms with Gasteiger partial charge in [0.25, 0.3) is 11.8 Å². The Balaban J connectivity index is 1.83. The first-order valence-electron chi connectivity index (χ1n) is 7.97. The van der Waals surface area contributed by atoms with Gasteiger partial charge >= 0.3 is 0 Å². The van der Waals surface area contributed by atoms with Gasteiger partial charge < -0.3 is 10.6 Å². The van der Waals surface area contributed by atoms with Crippen molar-refractivity contribution >= 4 is 86.9 Å². The summed E-state index contributed by atoms with van der Waals surface area (Å²) in [5, 5.41) is 5.64. The number of rotatable bonds is 4. The van der Waals surface area contributed by atoms with Gasteiger partial charge in [-0.2, -0.15) is 0 Å². The third-order valence-corrected chi connectivity index (χ3v) is 7.53. The van der Waals surface area contributed by atoms with E-state index in [-0.39, 0.29) is 22.9 Å². The predicted molar refractivity (Wildman–Crippen MR) is 126 cm³/mol. The maximum atomic E-state index is 12.8. The van der Waals surface area contributed by atoms with E-state index in [1.54, 1.807) is 48.5 Å². The highest BCUT2D eigenvalue weighted by atomic mass is 79.9. The van der Waals surface area contributed by atoms with Crippen molar-refractivity contribution in [1.82, 2.24) is 0 Å². The maximum Gasteiger partial charge on any atom is 0.256 e. The summed E-state index contributed by atoms with van der Waals surface area (Å²) in [6, 6.07) is 17.4. The van der Waals surface area contributed by atoms with E-state index >= 15 is 0 Å². The van der Waals surface area contributed by atoms with Gasteiger partial charge in [0.05, 0.1) is 11.1 Å². The van der Waals surface area contributed by atoms with Crippen molar-refractivity contribution in [3.8, 4) is 0 Å². The molecule has 2 N–H and O–H groups in total. The van der Waals surface area contributed by atoms with E-state index < -0.39 is 0 Å². The number of hydrogen-bond acceptors (Lipinski definition) is 2. The molecule has 0 saturated heterocycles. The summed E-state index contributed by atoms with van der Waals surface area (Å²) in [7, 11) is 0. The molecule has 0 heterocycles. The molecule has 2 amide bonds. The number of nitrogens with one attached hydrogen (secondary N) is 2. The van der Waals surface area contributed by atoms with E-state index in [1.807, 2.05) is 12.1 Å². The summed E-state index contributed by atoms with van der Waals surface area (Å²) in [4.78, 5) is 25.5. The van der Waals surface area contributed by atoms with Gasteiger partial charge in [-0.3, -0.25) is 9.59 Å². The minimum absolute atomic E-state index is 0.287. The van der Waals surface area contributed by atoms with Crippen LogP contribution in [0, 0.1) is 0 Å². The van der Waals surface area contributed by atoms with Crippen molar-refractivity contribution in [3.63, 3.8) is 0 Å². The van der Waals surface area contributed by atoms with Crippen LogP contribution in [-0.2, 0) is 0 Å². The van der Waals surface area contributed by atoms with Crippen molar-refractivity contribution < 1.29 is 9.59 Å². The molecule has 0 spiro atoms. The monoisotopic (exact) mass is 628 g/mol. The van der Waals surface area contributed by atoms with E-state index in [9.17, 15) is 9.59 Å². The SMILES string of the molecule is O=C(Nc1ccc(Br)c(Br)c1)c1ccccc1C(=O)Nc1ccc(Br)c(Br)c1. The molecule has 3 rings (SSSR count). The molecule has 0 bridgehead atoms. The van der Waals surface area contributed by atoms with E-state index in [4.69, 9.17) is 0 Å². The molecule has 0 atom stereocenters. The van der Waals surface area contributed by atoms with Crippen molar-refractivity contribution in [2.45, 2.75) is 0 Å². The lowest BCUT2D eigenvalue weighted by molar-refractivity contribution is 0.0990. The minimum Gasteiger partial charge on any atom is -0.322 e. The van der Waals surface area contributed by atoms with E-state index in [0.29, 0.717) is 11.4 Å². The zero-order chi connectivity index (χ0) is 20.3. The maximum absolute atomic E-state index is 12.8. The molecule has 0 radical (unpaired) electrons. The number of amides is 2. The predicted octanol–water partition coefficient (Wildman–Crippen LogP) is 7.24. The first-order valence-corrected chi connectivity index (χ1v) is 11.1. The molecule has 0 saturated carbocycles. The first-order chi connectivity index (χ1) is 13.3. The zero-order valence-corrected chi connectivity index (χ0v) is 20.4. The standard InChI is InChI=1S/C20H12Br4N2O2/c21-15-7-5-11(9-17(15)23)25-19(27)13-3-1-2-4-14(13)20(28)26-12-6-8-16(22)18(24)10-12/h1-10H,(H,25,27)(H,26,28). The Hall–Kier alpha value is -1.48. The van der Waals surface area contributed by atoms with Crippen molar-refractivity contribution in [2.24, 2.45) is 0 Å². The number of anilines is 2. The van der Waals surface area contributed by atoms with Gasteiger partial charge in [0.2, 0.25) is 0 Å². The third-order valence-electron chi connectivity index (χ3n) is 3.77. The van der Waals surface area contributed by atoms with Crippen LogP contribution >= 0.6 is 63.7 Å². The second-order valence-electron chi connectivity index (χ2n) is 5.71. The third kappa shape index (κ3) is 5.11. The molecule has 142 valence electrons. The van der Waals surface area contributed by atoms with Crippen LogP contribution in [-0.4, -0.2) is 11.8 Å². The molecule has 3 aromatic rings. The normalized spacial score (nSPS) is 10.4. The highest BCUT2D eigenvalue weighted by Crippen LogP contribution is 2.28. The van der Waals surface area contributed by atoms with Crippen LogP contribution in [0.5, 0.6) is 0 Å². The highest BCUT2D eigenvalue weighted by Gasteiger charge is 2.17. The van der Waals surface area contributed by atoms with Crippen LogP contribution in [0.2, 0.25) is 0 Å². The Morgan fingerprint density at radius 2 is 0.964 bits per heavy atom. The largest absolute Gasteiger partial charge is 0.322 e. The second kappa shape index (κ2) is 9.35. The molecule has 0 aliphatic heterocycles. The molecule has 8 heteroatoms. The van der Waals surface area contributed by atoms with Gasteiger partial charge in [-0.25, -0.2) is 0 Å². The Labute approximate surface area is 195 Å². The van der Waals surface area contributed by atoms with Gasteiger partial charge in [0, 0.05) is 29.3 Å². The summed E-state index contributed by atoms with van der Waals surface area (Å²) >= 11 is 13.6. The molecule has 3 aromatic carbocycles. The summed E-state index contributed by atoms with van der Waals surface area (Å²) in [6.45, 7) is 0. The summed E-state index contributed by atoms with van der Waals surface area (Å²) in [5.74, 6) is -0.728. The number of carbonyl (C=O) groups is 2. The second-order valence-corrected chi connectivity index (χ2v) is 9.13. The summed E-state index contributed by atoms with van der Waals surface area (Å²) < 4.78 is 3.39. The van der Waals surface area contributed by atoms with Gasteiger partial charge in [-0.05, 0) is 112 Å². The average Bonchev–Trinajstić information content (AvgIpc) is 2.67. The summed E-state index contributed by atoms with van der Waals surface area (Å²) in [6.07, 6.45) is 0. The molecule has 0 unspecified atom stereocenters. The number of hydrogen-bond donors (Lipinski definition) is 2. The lowest BCUT2D eigenvalue weighted by Crippen LogP contribution is -2.20. The van der Waals surface area contributed by atoms with Crippen LogP contribution < -0.4 is 10.6 Å². The van der Waals surface area contributed by atoms with Crippen LogP contribution in [0.1, 0.15) is 20.7 Å². The Kier molecular flexibility index (Phi) is 7.09. The van der Waals surface area contributed by atoms with Crippen LogP contribution in [0.3, 0.4) is 0 Å².